The summed E-state index contributed by atoms with van der Waals surface area (Å²) >= 11 is 0. The van der Waals surface area contributed by atoms with Crippen LogP contribution in [0.25, 0.3) is 67.3 Å². The molecule has 0 N–H and O–H groups in total. The average Bonchev–Trinajstić information content (AvgIpc) is 3.58. The molecule has 10 rings (SSSR count). The van der Waals surface area contributed by atoms with Crippen molar-refractivity contribution < 1.29 is 0 Å². The van der Waals surface area contributed by atoms with Gasteiger partial charge in [-0.2, -0.15) is 0 Å². The molecule has 1 aromatic heterocycles. The Morgan fingerprint density at radius 2 is 0.709 bits per heavy atom. The van der Waals surface area contributed by atoms with Crippen LogP contribution in [0.15, 0.2) is 218 Å². The Balaban J connectivity index is 1.20. The minimum atomic E-state index is -0.503. The van der Waals surface area contributed by atoms with Gasteiger partial charge in [0, 0.05) is 16.7 Å². The van der Waals surface area contributed by atoms with Crippen LogP contribution in [0, 0.1) is 0 Å². The Morgan fingerprint density at radius 1 is 0.273 bits per heavy atom. The van der Waals surface area contributed by atoms with Gasteiger partial charge in [0.15, 0.2) is 5.82 Å². The molecule has 1 aliphatic rings. The number of rotatable bonds is 7. The van der Waals surface area contributed by atoms with Gasteiger partial charge in [-0.05, 0) is 79.9 Å². The zero-order valence-corrected chi connectivity index (χ0v) is 30.2. The van der Waals surface area contributed by atoms with Crippen molar-refractivity contribution in [1.82, 2.24) is 9.97 Å². The molecule has 0 spiro atoms. The fourth-order valence-corrected chi connectivity index (χ4v) is 8.43. The Morgan fingerprint density at radius 3 is 1.31 bits per heavy atom. The smallest absolute Gasteiger partial charge is 0.160 e. The molecule has 0 bridgehead atoms. The third-order valence-corrected chi connectivity index (χ3v) is 11.0. The van der Waals surface area contributed by atoms with Gasteiger partial charge in [-0.15, -0.1) is 0 Å². The Labute approximate surface area is 322 Å². The minimum absolute atomic E-state index is 0.503. The van der Waals surface area contributed by atoms with Crippen LogP contribution < -0.4 is 0 Å². The van der Waals surface area contributed by atoms with Gasteiger partial charge in [0.05, 0.1) is 16.8 Å². The number of nitrogens with zero attached hydrogens (tertiary/aromatic N) is 2. The van der Waals surface area contributed by atoms with Crippen LogP contribution >= 0.6 is 0 Å². The number of hydrogen-bond acceptors (Lipinski definition) is 2. The van der Waals surface area contributed by atoms with E-state index in [1.54, 1.807) is 0 Å². The molecule has 0 aliphatic heterocycles. The van der Waals surface area contributed by atoms with Crippen molar-refractivity contribution in [3.63, 3.8) is 0 Å². The average molecular weight is 701 g/mol. The molecular formula is C53H36N2. The molecule has 2 nitrogen and oxygen atoms in total. The van der Waals surface area contributed by atoms with E-state index in [1.165, 1.54) is 38.9 Å². The second-order valence-electron chi connectivity index (χ2n) is 14.1. The van der Waals surface area contributed by atoms with Crippen molar-refractivity contribution >= 4 is 0 Å². The molecule has 0 saturated heterocycles. The second-order valence-corrected chi connectivity index (χ2v) is 14.1. The van der Waals surface area contributed by atoms with E-state index in [2.05, 4.69) is 218 Å². The summed E-state index contributed by atoms with van der Waals surface area (Å²) in [6, 6.07) is 78.1. The van der Waals surface area contributed by atoms with Gasteiger partial charge >= 0.3 is 0 Å². The molecule has 2 heteroatoms. The van der Waals surface area contributed by atoms with Crippen LogP contribution in [-0.4, -0.2) is 9.97 Å². The minimum Gasteiger partial charge on any atom is -0.228 e. The first-order valence-corrected chi connectivity index (χ1v) is 18.8. The topological polar surface area (TPSA) is 25.8 Å². The SMILES string of the molecule is c1ccc(-c2cccc(-c3cc(-c4ccc5c(c4)C(c4ccccc4)(c4ccccc4)c4ccccc4-5)nc(-c4cccc(-c5ccccc5)c4)n3)c2)cc1. The Kier molecular flexibility index (Phi) is 8.08. The molecule has 9 aromatic rings. The highest BCUT2D eigenvalue weighted by molar-refractivity contribution is 5.88. The van der Waals surface area contributed by atoms with E-state index >= 15 is 0 Å². The summed E-state index contributed by atoms with van der Waals surface area (Å²) in [5, 5.41) is 0. The highest BCUT2D eigenvalue weighted by Crippen LogP contribution is 2.56. The van der Waals surface area contributed by atoms with Crippen LogP contribution in [0.2, 0.25) is 0 Å². The normalized spacial score (nSPS) is 12.5. The molecule has 0 amide bonds. The predicted molar refractivity (Wildman–Crippen MR) is 227 cm³/mol. The van der Waals surface area contributed by atoms with E-state index in [9.17, 15) is 0 Å². The highest BCUT2D eigenvalue weighted by Gasteiger charge is 2.46. The highest BCUT2D eigenvalue weighted by atomic mass is 14.9. The van der Waals surface area contributed by atoms with Crippen LogP contribution in [0.3, 0.4) is 0 Å². The predicted octanol–water partition coefficient (Wildman–Crippen LogP) is 13.2. The lowest BCUT2D eigenvalue weighted by Crippen LogP contribution is -2.28. The maximum atomic E-state index is 5.37. The first kappa shape index (κ1) is 32.5. The van der Waals surface area contributed by atoms with Gasteiger partial charge < -0.3 is 0 Å². The molecule has 0 atom stereocenters. The molecule has 0 radical (unpaired) electrons. The fraction of sp³-hybridized carbons (Fsp3) is 0.0189. The van der Waals surface area contributed by atoms with Crippen LogP contribution in [-0.2, 0) is 5.41 Å². The zero-order valence-electron chi connectivity index (χ0n) is 30.2. The van der Waals surface area contributed by atoms with Gasteiger partial charge in [0.25, 0.3) is 0 Å². The molecule has 1 aliphatic carbocycles. The van der Waals surface area contributed by atoms with Crippen molar-refractivity contribution in [3.05, 3.63) is 241 Å². The maximum absolute atomic E-state index is 5.37. The van der Waals surface area contributed by atoms with Crippen molar-refractivity contribution in [2.75, 3.05) is 0 Å². The zero-order chi connectivity index (χ0) is 36.6. The fourth-order valence-electron chi connectivity index (χ4n) is 8.43. The van der Waals surface area contributed by atoms with E-state index in [1.807, 2.05) is 0 Å². The summed E-state index contributed by atoms with van der Waals surface area (Å²) in [6.07, 6.45) is 0. The molecule has 0 unspecified atom stereocenters. The molecule has 258 valence electrons. The third-order valence-electron chi connectivity index (χ3n) is 11.0. The number of aromatic nitrogens is 2. The van der Waals surface area contributed by atoms with Crippen LogP contribution in [0.1, 0.15) is 22.3 Å². The monoisotopic (exact) mass is 700 g/mol. The van der Waals surface area contributed by atoms with E-state index < -0.39 is 5.41 Å². The lowest BCUT2D eigenvalue weighted by molar-refractivity contribution is 0.768. The van der Waals surface area contributed by atoms with Crippen LogP contribution in [0.5, 0.6) is 0 Å². The largest absolute Gasteiger partial charge is 0.228 e. The summed E-state index contributed by atoms with van der Waals surface area (Å²) in [4.78, 5) is 10.7. The molecule has 1 heterocycles. The maximum Gasteiger partial charge on any atom is 0.160 e. The molecule has 8 aromatic carbocycles. The van der Waals surface area contributed by atoms with E-state index in [0.29, 0.717) is 5.82 Å². The third kappa shape index (κ3) is 5.67. The first-order valence-electron chi connectivity index (χ1n) is 18.8. The lowest BCUT2D eigenvalue weighted by Gasteiger charge is -2.34. The van der Waals surface area contributed by atoms with Gasteiger partial charge in [-0.25, -0.2) is 9.97 Å². The number of fused-ring (bicyclic) bond motifs is 3. The number of hydrogen-bond donors (Lipinski definition) is 0. The second kappa shape index (κ2) is 13.7. The summed E-state index contributed by atoms with van der Waals surface area (Å²) in [6.45, 7) is 0. The number of benzene rings is 8. The quantitative estimate of drug-likeness (QED) is 0.165. The summed E-state index contributed by atoms with van der Waals surface area (Å²) in [5.41, 5.74) is 16.5. The molecule has 55 heavy (non-hydrogen) atoms. The van der Waals surface area contributed by atoms with E-state index in [-0.39, 0.29) is 0 Å². The Hall–Kier alpha value is -7.16. The first-order chi connectivity index (χ1) is 27.3. The van der Waals surface area contributed by atoms with Gasteiger partial charge in [-0.3, -0.25) is 0 Å². The summed E-state index contributed by atoms with van der Waals surface area (Å²) in [5.74, 6) is 0.691. The van der Waals surface area contributed by atoms with Crippen molar-refractivity contribution in [1.29, 1.82) is 0 Å². The standard InChI is InChI=1S/C53H36N2/c1-5-17-37(18-6-1)39-21-15-23-41(33-39)50-36-51(55-52(54-50)43-24-16-22-40(34-43)38-19-7-2-8-20-38)42-31-32-47-46-29-13-14-30-48(46)53(49(47)35-42,44-25-9-3-10-26-44)45-27-11-4-12-28-45/h1-36H. The van der Waals surface area contributed by atoms with E-state index in [4.69, 9.17) is 9.97 Å². The lowest BCUT2D eigenvalue weighted by atomic mass is 9.67. The van der Waals surface area contributed by atoms with Crippen molar-refractivity contribution in [2.24, 2.45) is 0 Å². The van der Waals surface area contributed by atoms with Crippen LogP contribution in [0.4, 0.5) is 0 Å². The molecule has 0 saturated carbocycles. The summed E-state index contributed by atoms with van der Waals surface area (Å²) < 4.78 is 0. The summed E-state index contributed by atoms with van der Waals surface area (Å²) in [7, 11) is 0. The van der Waals surface area contributed by atoms with Crippen molar-refractivity contribution in [2.45, 2.75) is 5.41 Å². The molecular weight excluding hydrogens is 665 g/mol. The van der Waals surface area contributed by atoms with Crippen molar-refractivity contribution in [3.8, 4) is 67.3 Å². The van der Waals surface area contributed by atoms with E-state index in [0.717, 1.165) is 44.8 Å². The van der Waals surface area contributed by atoms with Gasteiger partial charge in [0.1, 0.15) is 0 Å². The molecule has 0 fully saturated rings. The van der Waals surface area contributed by atoms with Gasteiger partial charge in [0.2, 0.25) is 0 Å². The van der Waals surface area contributed by atoms with Gasteiger partial charge in [-0.1, -0.05) is 194 Å². The Bertz CT molecular complexity index is 2650.